The van der Waals surface area contributed by atoms with E-state index in [1.165, 1.54) is 28.6 Å². The number of rotatable bonds is 6. The summed E-state index contributed by atoms with van der Waals surface area (Å²) >= 11 is 0. The first-order valence-electron chi connectivity index (χ1n) is 9.20. The Kier molecular flexibility index (Phi) is 5.73. The van der Waals surface area contributed by atoms with Crippen molar-refractivity contribution in [1.82, 2.24) is 13.9 Å². The number of imidazole rings is 1. The Bertz CT molecular complexity index is 1220. The molecule has 3 aromatic rings. The molecule has 0 saturated carbocycles. The monoisotopic (exact) mass is 410 g/mol. The van der Waals surface area contributed by atoms with Crippen molar-refractivity contribution in [2.75, 3.05) is 13.1 Å². The van der Waals surface area contributed by atoms with Crippen molar-refractivity contribution in [3.8, 4) is 6.07 Å². The molecular formula is C21H22N4O3S. The summed E-state index contributed by atoms with van der Waals surface area (Å²) in [6.45, 7) is 4.30. The molecule has 1 aromatic heterocycles. The standard InChI is InChI=1S/C21H22N4O3S/c1-4-25(5-2)29(27,28)16-12-10-15(11-13-16)20(26)17(14-22)21-23-18-8-6-7-9-19(18)24(21)3/h6-13,26H,4-5H2,1-3H3. The highest BCUT2D eigenvalue weighted by Crippen LogP contribution is 2.27. The molecule has 0 amide bonds. The van der Waals surface area contributed by atoms with Gasteiger partial charge in [-0.2, -0.15) is 9.57 Å². The zero-order valence-electron chi connectivity index (χ0n) is 16.5. The maximum atomic E-state index is 12.6. The van der Waals surface area contributed by atoms with Crippen LogP contribution in [0.15, 0.2) is 53.4 Å². The van der Waals surface area contributed by atoms with Crippen LogP contribution in [0.5, 0.6) is 0 Å². The molecule has 7 nitrogen and oxygen atoms in total. The second-order valence-electron chi connectivity index (χ2n) is 6.43. The molecule has 0 aliphatic carbocycles. The second-order valence-corrected chi connectivity index (χ2v) is 8.37. The zero-order valence-corrected chi connectivity index (χ0v) is 17.3. The number of sulfonamides is 1. The number of aliphatic hydroxyl groups is 1. The molecule has 0 radical (unpaired) electrons. The van der Waals surface area contributed by atoms with Crippen molar-refractivity contribution in [3.63, 3.8) is 0 Å². The van der Waals surface area contributed by atoms with Crippen molar-refractivity contribution in [3.05, 3.63) is 59.9 Å². The largest absolute Gasteiger partial charge is 0.506 e. The average Bonchev–Trinajstić information content (AvgIpc) is 3.06. The van der Waals surface area contributed by atoms with Crippen LogP contribution >= 0.6 is 0 Å². The van der Waals surface area contributed by atoms with E-state index in [1.54, 1.807) is 25.5 Å². The number of aliphatic hydroxyl groups excluding tert-OH is 1. The minimum Gasteiger partial charge on any atom is -0.506 e. The summed E-state index contributed by atoms with van der Waals surface area (Å²) < 4.78 is 28.3. The first-order chi connectivity index (χ1) is 13.8. The van der Waals surface area contributed by atoms with Gasteiger partial charge in [0.1, 0.15) is 17.4 Å². The summed E-state index contributed by atoms with van der Waals surface area (Å²) in [6, 6.07) is 15.3. The molecule has 8 heteroatoms. The van der Waals surface area contributed by atoms with Gasteiger partial charge < -0.3 is 9.67 Å². The van der Waals surface area contributed by atoms with Gasteiger partial charge in [-0.25, -0.2) is 13.4 Å². The number of benzene rings is 2. The van der Waals surface area contributed by atoms with Crippen molar-refractivity contribution in [1.29, 1.82) is 5.26 Å². The number of fused-ring (bicyclic) bond motifs is 1. The molecule has 0 atom stereocenters. The molecule has 0 spiro atoms. The van der Waals surface area contributed by atoms with E-state index in [4.69, 9.17) is 0 Å². The number of hydrogen-bond donors (Lipinski definition) is 1. The third-order valence-electron chi connectivity index (χ3n) is 4.83. The summed E-state index contributed by atoms with van der Waals surface area (Å²) in [7, 11) is -1.82. The Hall–Kier alpha value is -3.15. The lowest BCUT2D eigenvalue weighted by Crippen LogP contribution is -2.30. The molecule has 29 heavy (non-hydrogen) atoms. The van der Waals surface area contributed by atoms with Gasteiger partial charge in [-0.1, -0.05) is 26.0 Å². The van der Waals surface area contributed by atoms with Crippen molar-refractivity contribution in [2.45, 2.75) is 18.7 Å². The molecule has 0 aliphatic rings. The fraction of sp³-hybridized carbons (Fsp3) is 0.238. The number of hydrogen-bond acceptors (Lipinski definition) is 5. The number of aromatic nitrogens is 2. The zero-order chi connectivity index (χ0) is 21.2. The third kappa shape index (κ3) is 3.62. The van der Waals surface area contributed by atoms with Crippen LogP contribution in [0.4, 0.5) is 0 Å². The predicted molar refractivity (Wildman–Crippen MR) is 112 cm³/mol. The van der Waals surface area contributed by atoms with E-state index < -0.39 is 10.0 Å². The first-order valence-corrected chi connectivity index (χ1v) is 10.6. The predicted octanol–water partition coefficient (Wildman–Crippen LogP) is 3.55. The van der Waals surface area contributed by atoms with Gasteiger partial charge in [0.25, 0.3) is 0 Å². The smallest absolute Gasteiger partial charge is 0.243 e. The normalized spacial score (nSPS) is 12.8. The van der Waals surface area contributed by atoms with Crippen LogP contribution in [-0.4, -0.2) is 40.5 Å². The minimum atomic E-state index is -3.59. The summed E-state index contributed by atoms with van der Waals surface area (Å²) in [6.07, 6.45) is 0. The lowest BCUT2D eigenvalue weighted by Gasteiger charge is -2.18. The van der Waals surface area contributed by atoms with Crippen molar-refractivity contribution < 1.29 is 13.5 Å². The fourth-order valence-electron chi connectivity index (χ4n) is 3.22. The maximum Gasteiger partial charge on any atom is 0.243 e. The maximum absolute atomic E-state index is 12.6. The van der Waals surface area contributed by atoms with Crippen LogP contribution in [0.1, 0.15) is 25.2 Å². The van der Waals surface area contributed by atoms with Crippen molar-refractivity contribution in [2.24, 2.45) is 7.05 Å². The van der Waals surface area contributed by atoms with E-state index in [2.05, 4.69) is 4.98 Å². The second kappa shape index (κ2) is 8.07. The van der Waals surface area contributed by atoms with Gasteiger partial charge in [-0.15, -0.1) is 0 Å². The highest BCUT2D eigenvalue weighted by Gasteiger charge is 2.22. The van der Waals surface area contributed by atoms with Crippen LogP contribution in [0.2, 0.25) is 0 Å². The lowest BCUT2D eigenvalue weighted by atomic mass is 10.1. The Balaban J connectivity index is 2.06. The van der Waals surface area contributed by atoms with E-state index in [-0.39, 0.29) is 16.2 Å². The van der Waals surface area contributed by atoms with E-state index in [9.17, 15) is 18.8 Å². The summed E-state index contributed by atoms with van der Waals surface area (Å²) in [5.41, 5.74) is 1.91. The lowest BCUT2D eigenvalue weighted by molar-refractivity contribution is 0.445. The SMILES string of the molecule is CCN(CC)S(=O)(=O)c1ccc(C(O)=C(C#N)c2nc3ccccc3n2C)cc1. The van der Waals surface area contributed by atoms with Crippen molar-refractivity contribution >= 4 is 32.4 Å². The average molecular weight is 410 g/mol. The van der Waals surface area contributed by atoms with Gasteiger partial charge in [-0.05, 0) is 36.4 Å². The van der Waals surface area contributed by atoms with Gasteiger partial charge in [-0.3, -0.25) is 0 Å². The Labute approximate surface area is 170 Å². The number of nitrogens with zero attached hydrogens (tertiary/aromatic N) is 4. The Morgan fingerprint density at radius 1 is 1.14 bits per heavy atom. The van der Waals surface area contributed by atoms with Crippen LogP contribution in [0.3, 0.4) is 0 Å². The minimum absolute atomic E-state index is 0.0167. The van der Waals surface area contributed by atoms with Gasteiger partial charge in [0.05, 0.1) is 15.9 Å². The van der Waals surface area contributed by atoms with Crippen LogP contribution < -0.4 is 0 Å². The quantitative estimate of drug-likeness (QED) is 0.495. The number of nitriles is 1. The van der Waals surface area contributed by atoms with E-state index in [0.29, 0.717) is 30.0 Å². The summed E-state index contributed by atoms with van der Waals surface area (Å²) in [5, 5.41) is 20.4. The molecule has 3 rings (SSSR count). The number of para-hydroxylation sites is 2. The number of allylic oxidation sites excluding steroid dienone is 1. The Morgan fingerprint density at radius 2 is 1.76 bits per heavy atom. The van der Waals surface area contributed by atoms with Crippen LogP contribution in [0, 0.1) is 11.3 Å². The summed E-state index contributed by atoms with van der Waals surface area (Å²) in [5.74, 6) is 0.0868. The van der Waals surface area contributed by atoms with E-state index in [1.807, 2.05) is 30.3 Å². The fourth-order valence-corrected chi connectivity index (χ4v) is 4.68. The molecule has 2 aromatic carbocycles. The first kappa shape index (κ1) is 20.6. The van der Waals surface area contributed by atoms with Crippen LogP contribution in [-0.2, 0) is 17.1 Å². The number of aryl methyl sites for hydroxylation is 1. The third-order valence-corrected chi connectivity index (χ3v) is 6.89. The van der Waals surface area contributed by atoms with Gasteiger partial charge in [0.2, 0.25) is 10.0 Å². The molecule has 0 bridgehead atoms. The van der Waals surface area contributed by atoms with Gasteiger partial charge in [0, 0.05) is 25.7 Å². The molecule has 1 N–H and O–H groups in total. The van der Waals surface area contributed by atoms with Gasteiger partial charge in [0.15, 0.2) is 5.82 Å². The molecule has 0 unspecified atom stereocenters. The molecule has 0 aliphatic heterocycles. The topological polar surface area (TPSA) is 99.2 Å². The highest BCUT2D eigenvalue weighted by atomic mass is 32.2. The van der Waals surface area contributed by atoms with Crippen LogP contribution in [0.25, 0.3) is 22.4 Å². The summed E-state index contributed by atoms with van der Waals surface area (Å²) in [4.78, 5) is 4.59. The highest BCUT2D eigenvalue weighted by molar-refractivity contribution is 7.89. The van der Waals surface area contributed by atoms with E-state index in [0.717, 1.165) is 5.52 Å². The molecular weight excluding hydrogens is 388 g/mol. The van der Waals surface area contributed by atoms with E-state index >= 15 is 0 Å². The molecule has 0 saturated heterocycles. The molecule has 1 heterocycles. The molecule has 0 fully saturated rings. The Morgan fingerprint density at radius 3 is 2.31 bits per heavy atom. The molecule has 150 valence electrons. The van der Waals surface area contributed by atoms with Gasteiger partial charge >= 0.3 is 0 Å².